The van der Waals surface area contributed by atoms with Crippen LogP contribution in [0.3, 0.4) is 0 Å². The van der Waals surface area contributed by atoms with Crippen molar-refractivity contribution in [1.29, 1.82) is 0 Å². The summed E-state index contributed by atoms with van der Waals surface area (Å²) in [5, 5.41) is 19.6. The van der Waals surface area contributed by atoms with Crippen molar-refractivity contribution < 1.29 is 49.4 Å². The van der Waals surface area contributed by atoms with E-state index in [-0.39, 0.29) is 29.6 Å². The molecule has 0 unspecified atom stereocenters. The minimum atomic E-state index is -1.23. The molecular weight excluding hydrogens is 230 g/mol. The van der Waals surface area contributed by atoms with Gasteiger partial charge in [-0.2, -0.15) is 0 Å². The van der Waals surface area contributed by atoms with E-state index in [1.165, 1.54) is 0 Å². The molecule has 0 aromatic rings. The van der Waals surface area contributed by atoms with Crippen molar-refractivity contribution in [2.24, 2.45) is 0 Å². The van der Waals surface area contributed by atoms with E-state index in [9.17, 15) is 19.8 Å². The zero-order valence-corrected chi connectivity index (χ0v) is 9.90. The molecule has 7 heteroatoms. The van der Waals surface area contributed by atoms with Crippen molar-refractivity contribution in [3.8, 4) is 0 Å². The van der Waals surface area contributed by atoms with Crippen molar-refractivity contribution in [3.63, 3.8) is 0 Å². The van der Waals surface area contributed by atoms with Crippen molar-refractivity contribution in [2.45, 2.75) is 0 Å². The third-order valence-corrected chi connectivity index (χ3v) is 1.90. The minimum absolute atomic E-state index is 0. The normalized spacial score (nSPS) is 17.7. The van der Waals surface area contributed by atoms with Gasteiger partial charge in [-0.1, -0.05) is 23.2 Å². The van der Waals surface area contributed by atoms with E-state index in [0.29, 0.717) is 0 Å². The van der Waals surface area contributed by atoms with Crippen LogP contribution in [0.25, 0.3) is 0 Å². The summed E-state index contributed by atoms with van der Waals surface area (Å²) in [6, 6.07) is 0. The average molecular weight is 230 g/mol. The van der Waals surface area contributed by atoms with Gasteiger partial charge in [0.15, 0.2) is 11.6 Å². The Morgan fingerprint density at radius 2 is 1.08 bits per heavy atom. The van der Waals surface area contributed by atoms with E-state index < -0.39 is 33.1 Å². The molecule has 0 aliphatic heterocycles. The maximum Gasteiger partial charge on any atom is 1.00 e. The van der Waals surface area contributed by atoms with Gasteiger partial charge in [0.05, 0.1) is 10.1 Å². The zero-order valence-electron chi connectivity index (χ0n) is 6.39. The third kappa shape index (κ3) is 2.08. The van der Waals surface area contributed by atoms with Crippen LogP contribution in [0.5, 0.6) is 0 Å². The van der Waals surface area contributed by atoms with Crippen LogP contribution in [0.15, 0.2) is 21.6 Å². The fraction of sp³-hybridized carbons (Fsp3) is 0. The van der Waals surface area contributed by atoms with Crippen LogP contribution >= 0.6 is 23.2 Å². The summed E-state index contributed by atoms with van der Waals surface area (Å²) >= 11 is 10.2. The molecule has 0 fully saturated rings. The number of allylic oxidation sites excluding steroid dienone is 2. The first-order chi connectivity index (χ1) is 5.46. The maximum atomic E-state index is 10.7. The molecule has 0 spiro atoms. The van der Waals surface area contributed by atoms with Crippen LogP contribution in [0.2, 0.25) is 0 Å². The van der Waals surface area contributed by atoms with E-state index in [0.717, 1.165) is 0 Å². The fourth-order valence-electron chi connectivity index (χ4n) is 0.605. The number of Topliss-reactive ketones (excluding diaryl/α,β-unsaturated/α-hetero) is 2. The Balaban J connectivity index is 0.00000144. The van der Waals surface area contributed by atoms with Crippen LogP contribution in [-0.2, 0) is 9.59 Å². The monoisotopic (exact) mass is 229 g/mol. The van der Waals surface area contributed by atoms with Crippen molar-refractivity contribution >= 4 is 34.8 Å². The van der Waals surface area contributed by atoms with E-state index >= 15 is 0 Å². The standard InChI is InChI=1S/C6H2Cl2O4.Na/c7-1-3(9)5(11)2(8)6(12)4(1)10;/h9,12H;/q;+1/p-2. The van der Waals surface area contributed by atoms with Gasteiger partial charge in [0.1, 0.15) is 0 Å². The first-order valence-electron chi connectivity index (χ1n) is 2.69. The number of carbonyl (C=O) groups is 2. The number of halogens is 2. The summed E-state index contributed by atoms with van der Waals surface area (Å²) in [4.78, 5) is 21.4. The maximum absolute atomic E-state index is 10.7. The van der Waals surface area contributed by atoms with Gasteiger partial charge in [-0.3, -0.25) is 9.59 Å². The zero-order chi connectivity index (χ0) is 9.46. The molecular formula is C6Cl2NaO4-. The van der Waals surface area contributed by atoms with Gasteiger partial charge in [0, 0.05) is 0 Å². The number of ketones is 2. The summed E-state index contributed by atoms with van der Waals surface area (Å²) in [7, 11) is 0. The van der Waals surface area contributed by atoms with E-state index in [1.54, 1.807) is 0 Å². The number of rotatable bonds is 0. The van der Waals surface area contributed by atoms with Gasteiger partial charge in [-0.15, -0.1) is 0 Å². The average Bonchev–Trinajstić information content (AvgIpc) is 2.08. The molecule has 1 aliphatic rings. The van der Waals surface area contributed by atoms with E-state index in [2.05, 4.69) is 0 Å². The van der Waals surface area contributed by atoms with Gasteiger partial charge < -0.3 is 10.2 Å². The Morgan fingerprint density at radius 3 is 1.31 bits per heavy atom. The summed E-state index contributed by atoms with van der Waals surface area (Å²) in [6.45, 7) is 0. The van der Waals surface area contributed by atoms with Gasteiger partial charge in [-0.05, 0) is 11.5 Å². The Morgan fingerprint density at radius 1 is 0.846 bits per heavy atom. The third-order valence-electron chi connectivity index (χ3n) is 1.21. The number of hydrogen-bond donors (Lipinski definition) is 0. The topological polar surface area (TPSA) is 80.3 Å². The number of hydrogen-bond acceptors (Lipinski definition) is 4. The molecule has 0 radical (unpaired) electrons. The second-order valence-electron chi connectivity index (χ2n) is 1.94. The molecule has 1 rings (SSSR count). The second kappa shape index (κ2) is 4.48. The smallest absolute Gasteiger partial charge is 0.869 e. The van der Waals surface area contributed by atoms with Crippen LogP contribution in [0, 0.1) is 0 Å². The SMILES string of the molecule is O=C1C([O-])=C(Cl)C(=O)C([O-])=C1Cl.[Na+]. The van der Waals surface area contributed by atoms with E-state index in [4.69, 9.17) is 23.2 Å². The molecule has 0 saturated carbocycles. The summed E-state index contributed by atoms with van der Waals surface area (Å²) in [5.74, 6) is -4.92. The van der Waals surface area contributed by atoms with Crippen LogP contribution in [0.4, 0.5) is 0 Å². The molecule has 13 heavy (non-hydrogen) atoms. The molecule has 0 saturated heterocycles. The number of carbonyl (C=O) groups excluding carboxylic acids is 2. The molecule has 0 bridgehead atoms. The molecule has 0 aromatic heterocycles. The molecule has 1 aliphatic carbocycles. The molecule has 4 nitrogen and oxygen atoms in total. The van der Waals surface area contributed by atoms with Gasteiger partial charge in [0.25, 0.3) is 0 Å². The molecule has 0 N–H and O–H groups in total. The largest absolute Gasteiger partial charge is 1.00 e. The first kappa shape index (κ1) is 13.0. The fourth-order valence-corrected chi connectivity index (χ4v) is 0.948. The van der Waals surface area contributed by atoms with Gasteiger partial charge in [0.2, 0.25) is 0 Å². The Bertz CT molecular complexity index is 283. The second-order valence-corrected chi connectivity index (χ2v) is 2.70. The first-order valence-corrected chi connectivity index (χ1v) is 3.45. The van der Waals surface area contributed by atoms with Crippen LogP contribution in [-0.4, -0.2) is 11.6 Å². The van der Waals surface area contributed by atoms with Crippen molar-refractivity contribution in [1.82, 2.24) is 0 Å². The van der Waals surface area contributed by atoms with Crippen molar-refractivity contribution in [3.05, 3.63) is 21.6 Å². The predicted octanol–water partition coefficient (Wildman–Crippen LogP) is -4.24. The Labute approximate surface area is 105 Å². The molecule has 0 amide bonds. The van der Waals surface area contributed by atoms with Crippen molar-refractivity contribution in [2.75, 3.05) is 0 Å². The summed E-state index contributed by atoms with van der Waals surface area (Å²) in [5.41, 5.74) is 0. The summed E-state index contributed by atoms with van der Waals surface area (Å²) in [6.07, 6.45) is 0. The predicted molar refractivity (Wildman–Crippen MR) is 35.8 cm³/mol. The summed E-state index contributed by atoms with van der Waals surface area (Å²) < 4.78 is 0. The van der Waals surface area contributed by atoms with E-state index in [1.807, 2.05) is 0 Å². The van der Waals surface area contributed by atoms with Gasteiger partial charge >= 0.3 is 29.6 Å². The molecule has 0 atom stereocenters. The minimum Gasteiger partial charge on any atom is -0.869 e. The Kier molecular flexibility index (Phi) is 4.48. The van der Waals surface area contributed by atoms with Crippen LogP contribution in [0.1, 0.15) is 0 Å². The Hall–Kier alpha value is 0. The quantitative estimate of drug-likeness (QED) is 0.312. The van der Waals surface area contributed by atoms with Crippen LogP contribution < -0.4 is 39.8 Å². The van der Waals surface area contributed by atoms with Gasteiger partial charge in [-0.25, -0.2) is 0 Å². The molecule has 0 heterocycles. The molecule has 0 aromatic carbocycles. The molecule has 64 valence electrons.